The molecule has 0 radical (unpaired) electrons. The van der Waals surface area contributed by atoms with Gasteiger partial charge in [-0.2, -0.15) is 0 Å². The maximum atomic E-state index is 13.4. The fraction of sp³-hybridized carbons (Fsp3) is 0.455. The number of hydrogen-bond donors (Lipinski definition) is 1. The van der Waals surface area contributed by atoms with Crippen LogP contribution < -0.4 is 0 Å². The van der Waals surface area contributed by atoms with Crippen LogP contribution in [0.25, 0.3) is 0 Å². The molecule has 0 saturated heterocycles. The topological polar surface area (TPSA) is 20.2 Å². The fourth-order valence-electron chi connectivity index (χ4n) is 1.22. The van der Waals surface area contributed by atoms with Crippen molar-refractivity contribution in [2.24, 2.45) is 0 Å². The number of rotatable bonds is 4. The van der Waals surface area contributed by atoms with Crippen LogP contribution in [0.3, 0.4) is 0 Å². The molecule has 0 aliphatic heterocycles. The first-order chi connectivity index (χ1) is 6.52. The summed E-state index contributed by atoms with van der Waals surface area (Å²) >= 11 is 0. The molecule has 1 N–H and O–H groups in total. The van der Waals surface area contributed by atoms with Crippen molar-refractivity contribution in [3.05, 3.63) is 35.9 Å². The van der Waals surface area contributed by atoms with Crippen LogP contribution in [0.2, 0.25) is 0 Å². The summed E-state index contributed by atoms with van der Waals surface area (Å²) < 4.78 is 26.8. The average Bonchev–Trinajstić information content (AvgIpc) is 2.16. The zero-order valence-corrected chi connectivity index (χ0v) is 8.08. The number of benzene rings is 1. The van der Waals surface area contributed by atoms with Gasteiger partial charge in [-0.3, -0.25) is 0 Å². The van der Waals surface area contributed by atoms with E-state index in [0.717, 1.165) is 0 Å². The molecule has 0 fully saturated rings. The van der Waals surface area contributed by atoms with Crippen LogP contribution in [0.4, 0.5) is 8.78 Å². The number of alkyl halides is 2. The Bertz CT molecular complexity index is 270. The van der Waals surface area contributed by atoms with E-state index < -0.39 is 12.0 Å². The lowest BCUT2D eigenvalue weighted by atomic mass is 10.0. The zero-order chi connectivity index (χ0) is 10.6. The van der Waals surface area contributed by atoms with Crippen molar-refractivity contribution in [1.82, 2.24) is 0 Å². The Morgan fingerprint density at radius 1 is 1.29 bits per heavy atom. The SMILES string of the molecule is CC(O)CCC(F)(F)c1ccccc1. The van der Waals surface area contributed by atoms with Gasteiger partial charge in [0.15, 0.2) is 0 Å². The lowest BCUT2D eigenvalue weighted by Gasteiger charge is -2.17. The van der Waals surface area contributed by atoms with Gasteiger partial charge in [0.1, 0.15) is 0 Å². The Morgan fingerprint density at radius 2 is 1.86 bits per heavy atom. The Kier molecular flexibility index (Phi) is 3.58. The van der Waals surface area contributed by atoms with Crippen LogP contribution in [0.1, 0.15) is 25.3 Å². The molecule has 0 spiro atoms. The molecular weight excluding hydrogens is 186 g/mol. The molecule has 0 amide bonds. The summed E-state index contributed by atoms with van der Waals surface area (Å²) in [4.78, 5) is 0. The van der Waals surface area contributed by atoms with Crippen molar-refractivity contribution in [3.8, 4) is 0 Å². The number of aliphatic hydroxyl groups is 1. The van der Waals surface area contributed by atoms with Gasteiger partial charge in [-0.05, 0) is 13.3 Å². The third-order valence-corrected chi connectivity index (χ3v) is 2.07. The van der Waals surface area contributed by atoms with Crippen LogP contribution >= 0.6 is 0 Å². The molecule has 78 valence electrons. The lowest BCUT2D eigenvalue weighted by molar-refractivity contribution is -0.0247. The maximum absolute atomic E-state index is 13.4. The average molecular weight is 200 g/mol. The second-order valence-electron chi connectivity index (χ2n) is 3.46. The number of hydrogen-bond acceptors (Lipinski definition) is 1. The molecule has 1 aromatic carbocycles. The number of aliphatic hydroxyl groups excluding tert-OH is 1. The highest BCUT2D eigenvalue weighted by Gasteiger charge is 2.30. The van der Waals surface area contributed by atoms with Gasteiger partial charge < -0.3 is 5.11 Å². The quantitative estimate of drug-likeness (QED) is 0.792. The van der Waals surface area contributed by atoms with Crippen LogP contribution in [-0.4, -0.2) is 11.2 Å². The normalized spacial score (nSPS) is 14.0. The molecular formula is C11H14F2O. The predicted molar refractivity (Wildman–Crippen MR) is 51.3 cm³/mol. The number of halogens is 2. The zero-order valence-electron chi connectivity index (χ0n) is 8.08. The lowest BCUT2D eigenvalue weighted by Crippen LogP contribution is -2.15. The second kappa shape index (κ2) is 4.51. The van der Waals surface area contributed by atoms with Crippen molar-refractivity contribution in [1.29, 1.82) is 0 Å². The summed E-state index contributed by atoms with van der Waals surface area (Å²) in [5.41, 5.74) is 0.0145. The van der Waals surface area contributed by atoms with E-state index in [1.54, 1.807) is 18.2 Å². The van der Waals surface area contributed by atoms with Crippen molar-refractivity contribution in [3.63, 3.8) is 0 Å². The van der Waals surface area contributed by atoms with Crippen molar-refractivity contribution < 1.29 is 13.9 Å². The Balaban J connectivity index is 2.66. The summed E-state index contributed by atoms with van der Waals surface area (Å²) in [6.45, 7) is 1.51. The second-order valence-corrected chi connectivity index (χ2v) is 3.46. The predicted octanol–water partition coefficient (Wildman–Crippen LogP) is 2.94. The highest BCUT2D eigenvalue weighted by atomic mass is 19.3. The van der Waals surface area contributed by atoms with Crippen LogP contribution in [-0.2, 0) is 5.92 Å². The van der Waals surface area contributed by atoms with Crippen molar-refractivity contribution in [2.75, 3.05) is 0 Å². The highest BCUT2D eigenvalue weighted by Crippen LogP contribution is 2.32. The van der Waals surface area contributed by atoms with Crippen LogP contribution in [0.15, 0.2) is 30.3 Å². The van der Waals surface area contributed by atoms with E-state index in [1.807, 2.05) is 0 Å². The van der Waals surface area contributed by atoms with Crippen molar-refractivity contribution in [2.45, 2.75) is 31.8 Å². The third kappa shape index (κ3) is 3.07. The van der Waals surface area contributed by atoms with E-state index in [9.17, 15) is 8.78 Å². The molecule has 1 atom stereocenters. The Morgan fingerprint density at radius 3 is 2.36 bits per heavy atom. The van der Waals surface area contributed by atoms with E-state index in [-0.39, 0.29) is 18.4 Å². The monoisotopic (exact) mass is 200 g/mol. The first kappa shape index (κ1) is 11.1. The largest absolute Gasteiger partial charge is 0.393 e. The van der Waals surface area contributed by atoms with E-state index in [2.05, 4.69) is 0 Å². The highest BCUT2D eigenvalue weighted by molar-refractivity contribution is 5.19. The summed E-state index contributed by atoms with van der Waals surface area (Å²) in [5.74, 6) is -2.84. The minimum Gasteiger partial charge on any atom is -0.393 e. The first-order valence-electron chi connectivity index (χ1n) is 4.64. The van der Waals surface area contributed by atoms with Gasteiger partial charge in [0.2, 0.25) is 0 Å². The van der Waals surface area contributed by atoms with Gasteiger partial charge in [-0.25, -0.2) is 8.78 Å². The van der Waals surface area contributed by atoms with Gasteiger partial charge in [0.05, 0.1) is 6.10 Å². The van der Waals surface area contributed by atoms with E-state index in [0.29, 0.717) is 0 Å². The van der Waals surface area contributed by atoms with Crippen LogP contribution in [0.5, 0.6) is 0 Å². The first-order valence-corrected chi connectivity index (χ1v) is 4.64. The molecule has 0 aromatic heterocycles. The van der Waals surface area contributed by atoms with Crippen molar-refractivity contribution >= 4 is 0 Å². The molecule has 0 heterocycles. The third-order valence-electron chi connectivity index (χ3n) is 2.07. The van der Waals surface area contributed by atoms with Gasteiger partial charge in [-0.15, -0.1) is 0 Å². The van der Waals surface area contributed by atoms with Gasteiger partial charge in [0, 0.05) is 12.0 Å². The molecule has 14 heavy (non-hydrogen) atoms. The standard InChI is InChI=1S/C11H14F2O/c1-9(14)7-8-11(12,13)10-5-3-2-4-6-10/h2-6,9,14H,7-8H2,1H3. The molecule has 1 nitrogen and oxygen atoms in total. The van der Waals surface area contributed by atoms with E-state index in [1.165, 1.54) is 19.1 Å². The molecule has 0 aliphatic carbocycles. The summed E-state index contributed by atoms with van der Waals surface area (Å²) in [7, 11) is 0. The molecule has 1 rings (SSSR count). The minimum atomic E-state index is -2.84. The Labute approximate surface area is 82.4 Å². The van der Waals surface area contributed by atoms with E-state index >= 15 is 0 Å². The molecule has 3 heteroatoms. The summed E-state index contributed by atoms with van der Waals surface area (Å²) in [6.07, 6.45) is -0.874. The molecule has 0 saturated carbocycles. The van der Waals surface area contributed by atoms with E-state index in [4.69, 9.17) is 5.11 Å². The van der Waals surface area contributed by atoms with Crippen LogP contribution in [0, 0.1) is 0 Å². The molecule has 1 aromatic rings. The summed E-state index contributed by atoms with van der Waals surface area (Å²) in [6, 6.07) is 7.69. The van der Waals surface area contributed by atoms with Gasteiger partial charge >= 0.3 is 0 Å². The molecule has 0 bridgehead atoms. The minimum absolute atomic E-state index is 0.0145. The molecule has 0 aliphatic rings. The summed E-state index contributed by atoms with van der Waals surface area (Å²) in [5, 5.41) is 8.93. The Hall–Kier alpha value is -0.960. The van der Waals surface area contributed by atoms with Gasteiger partial charge in [-0.1, -0.05) is 30.3 Å². The maximum Gasteiger partial charge on any atom is 0.273 e. The van der Waals surface area contributed by atoms with Gasteiger partial charge in [0.25, 0.3) is 5.92 Å². The fourth-order valence-corrected chi connectivity index (χ4v) is 1.22. The smallest absolute Gasteiger partial charge is 0.273 e. The molecule has 1 unspecified atom stereocenters.